The fourth-order valence-electron chi connectivity index (χ4n) is 3.68. The van der Waals surface area contributed by atoms with Crippen LogP contribution in [-0.2, 0) is 0 Å². The monoisotopic (exact) mass is 361 g/mol. The summed E-state index contributed by atoms with van der Waals surface area (Å²) in [6.45, 7) is 2.14. The number of benzene rings is 3. The third-order valence-corrected chi connectivity index (χ3v) is 5.06. The summed E-state index contributed by atoms with van der Waals surface area (Å²) >= 11 is 0. The zero-order valence-corrected chi connectivity index (χ0v) is 15.6. The van der Waals surface area contributed by atoms with Crippen molar-refractivity contribution in [1.29, 1.82) is 0 Å². The van der Waals surface area contributed by atoms with Crippen LogP contribution in [0.2, 0.25) is 0 Å². The average molecular weight is 361 g/mol. The van der Waals surface area contributed by atoms with Crippen LogP contribution in [0.4, 0.5) is 0 Å². The molecule has 28 heavy (non-hydrogen) atoms. The quantitative estimate of drug-likeness (QED) is 0.391. The number of aromatic nitrogens is 3. The molecule has 3 aromatic carbocycles. The van der Waals surface area contributed by atoms with E-state index < -0.39 is 0 Å². The van der Waals surface area contributed by atoms with Crippen molar-refractivity contribution in [3.8, 4) is 28.2 Å². The lowest BCUT2D eigenvalue weighted by Gasteiger charge is -2.12. The second-order valence-electron chi connectivity index (χ2n) is 6.81. The van der Waals surface area contributed by atoms with Crippen molar-refractivity contribution < 1.29 is 0 Å². The van der Waals surface area contributed by atoms with Crippen LogP contribution in [0.5, 0.6) is 0 Å². The molecule has 0 aliphatic heterocycles. The fraction of sp³-hybridized carbons (Fsp3) is 0.0400. The van der Waals surface area contributed by atoms with Gasteiger partial charge in [0.1, 0.15) is 0 Å². The number of hydrogen-bond donors (Lipinski definition) is 0. The van der Waals surface area contributed by atoms with Crippen molar-refractivity contribution in [1.82, 2.24) is 14.5 Å². The molecule has 3 nitrogen and oxygen atoms in total. The van der Waals surface area contributed by atoms with E-state index in [2.05, 4.69) is 71.1 Å². The molecule has 0 amide bonds. The molecule has 0 aliphatic carbocycles. The summed E-state index contributed by atoms with van der Waals surface area (Å²) in [5, 5.41) is 0. The number of fused-ring (bicyclic) bond motifs is 1. The van der Waals surface area contributed by atoms with Crippen LogP contribution in [0.15, 0.2) is 97.2 Å². The smallest absolute Gasteiger partial charge is 0.0911 e. The molecular formula is C25H19N3. The van der Waals surface area contributed by atoms with E-state index in [1.807, 2.05) is 42.6 Å². The Hall–Kier alpha value is -3.72. The molecule has 0 bridgehead atoms. The van der Waals surface area contributed by atoms with Gasteiger partial charge in [0.05, 0.1) is 28.6 Å². The normalized spacial score (nSPS) is 11.0. The Morgan fingerprint density at radius 1 is 0.714 bits per heavy atom. The van der Waals surface area contributed by atoms with Gasteiger partial charge in [0, 0.05) is 16.9 Å². The van der Waals surface area contributed by atoms with Gasteiger partial charge in [0.2, 0.25) is 0 Å². The Morgan fingerprint density at radius 2 is 1.36 bits per heavy atom. The lowest BCUT2D eigenvalue weighted by Crippen LogP contribution is -1.99. The minimum Gasteiger partial charge on any atom is -0.313 e. The number of nitrogens with zero attached hydrogens (tertiary/aromatic N) is 3. The summed E-state index contributed by atoms with van der Waals surface area (Å²) in [5.74, 6) is 0. The molecule has 134 valence electrons. The zero-order chi connectivity index (χ0) is 18.9. The molecule has 0 radical (unpaired) electrons. The van der Waals surface area contributed by atoms with E-state index in [-0.39, 0.29) is 0 Å². The van der Waals surface area contributed by atoms with Gasteiger partial charge in [0.25, 0.3) is 0 Å². The van der Waals surface area contributed by atoms with Crippen LogP contribution in [0.3, 0.4) is 0 Å². The summed E-state index contributed by atoms with van der Waals surface area (Å²) < 4.78 is 2.29. The standard InChI is InChI=1S/C25H19N3/c1-18-21(24-17-26-22-14-8-9-15-23(22)27-24)16-25(19-10-4-2-5-11-19)28(18)20-12-6-3-7-13-20/h2-17H,1H3. The van der Waals surface area contributed by atoms with Gasteiger partial charge in [-0.25, -0.2) is 4.98 Å². The molecule has 0 N–H and O–H groups in total. The van der Waals surface area contributed by atoms with E-state index in [1.54, 1.807) is 0 Å². The molecule has 2 aromatic heterocycles. The van der Waals surface area contributed by atoms with E-state index in [4.69, 9.17) is 4.98 Å². The summed E-state index contributed by atoms with van der Waals surface area (Å²) in [6.07, 6.45) is 1.87. The van der Waals surface area contributed by atoms with Crippen LogP contribution in [0.25, 0.3) is 39.2 Å². The molecule has 0 saturated heterocycles. The highest BCUT2D eigenvalue weighted by molar-refractivity contribution is 5.80. The molecule has 5 aromatic rings. The van der Waals surface area contributed by atoms with Crippen LogP contribution in [0, 0.1) is 6.92 Å². The summed E-state index contributed by atoms with van der Waals surface area (Å²) in [7, 11) is 0. The third kappa shape index (κ3) is 2.78. The molecule has 0 saturated carbocycles. The van der Waals surface area contributed by atoms with Gasteiger partial charge in [-0.1, -0.05) is 60.7 Å². The van der Waals surface area contributed by atoms with Gasteiger partial charge in [-0.05, 0) is 42.8 Å². The van der Waals surface area contributed by atoms with Gasteiger partial charge in [-0.3, -0.25) is 4.98 Å². The van der Waals surface area contributed by atoms with Gasteiger partial charge < -0.3 is 4.57 Å². The molecule has 0 aliphatic rings. The van der Waals surface area contributed by atoms with Gasteiger partial charge in [0.15, 0.2) is 0 Å². The van der Waals surface area contributed by atoms with Crippen molar-refractivity contribution in [2.45, 2.75) is 6.92 Å². The predicted molar refractivity (Wildman–Crippen MR) is 114 cm³/mol. The number of hydrogen-bond acceptors (Lipinski definition) is 2. The first-order valence-corrected chi connectivity index (χ1v) is 9.36. The second-order valence-corrected chi connectivity index (χ2v) is 6.81. The lowest BCUT2D eigenvalue weighted by atomic mass is 10.1. The average Bonchev–Trinajstić information content (AvgIpc) is 3.12. The molecular weight excluding hydrogens is 342 g/mol. The van der Waals surface area contributed by atoms with Crippen LogP contribution < -0.4 is 0 Å². The first kappa shape index (κ1) is 16.5. The SMILES string of the molecule is Cc1c(-c2cnc3ccccc3n2)cc(-c2ccccc2)n1-c1ccccc1. The van der Waals surface area contributed by atoms with Crippen molar-refractivity contribution in [3.63, 3.8) is 0 Å². The summed E-state index contributed by atoms with van der Waals surface area (Å²) in [5.41, 5.74) is 8.42. The zero-order valence-electron chi connectivity index (χ0n) is 15.6. The maximum atomic E-state index is 4.87. The maximum Gasteiger partial charge on any atom is 0.0911 e. The molecule has 5 rings (SSSR count). The summed E-state index contributed by atoms with van der Waals surface area (Å²) in [6, 6.07) is 31.1. The van der Waals surface area contributed by atoms with Crippen LogP contribution in [-0.4, -0.2) is 14.5 Å². The third-order valence-electron chi connectivity index (χ3n) is 5.06. The second kappa shape index (κ2) is 6.78. The van der Waals surface area contributed by atoms with Crippen molar-refractivity contribution >= 4 is 11.0 Å². The van der Waals surface area contributed by atoms with E-state index in [9.17, 15) is 0 Å². The van der Waals surface area contributed by atoms with E-state index in [0.29, 0.717) is 0 Å². The van der Waals surface area contributed by atoms with E-state index >= 15 is 0 Å². The molecule has 0 atom stereocenters. The van der Waals surface area contributed by atoms with Gasteiger partial charge in [-0.2, -0.15) is 0 Å². The molecule has 0 spiro atoms. The van der Waals surface area contributed by atoms with Gasteiger partial charge >= 0.3 is 0 Å². The van der Waals surface area contributed by atoms with Crippen molar-refractivity contribution in [2.75, 3.05) is 0 Å². The minimum atomic E-state index is 0.892. The Morgan fingerprint density at radius 3 is 2.11 bits per heavy atom. The highest BCUT2D eigenvalue weighted by Gasteiger charge is 2.17. The topological polar surface area (TPSA) is 30.7 Å². The van der Waals surface area contributed by atoms with Crippen molar-refractivity contribution in [2.24, 2.45) is 0 Å². The fourth-order valence-corrected chi connectivity index (χ4v) is 3.68. The Balaban J connectivity index is 1.76. The number of para-hydroxylation sites is 3. The van der Waals surface area contributed by atoms with Crippen LogP contribution in [0.1, 0.15) is 5.69 Å². The van der Waals surface area contributed by atoms with Crippen LogP contribution >= 0.6 is 0 Å². The first-order chi connectivity index (χ1) is 13.8. The maximum absolute atomic E-state index is 4.87. The minimum absolute atomic E-state index is 0.892. The predicted octanol–water partition coefficient (Wildman–Crippen LogP) is 6.06. The Labute approximate surface area is 164 Å². The lowest BCUT2D eigenvalue weighted by molar-refractivity contribution is 1.02. The molecule has 3 heteroatoms. The largest absolute Gasteiger partial charge is 0.313 e. The Kier molecular flexibility index (Phi) is 3.99. The summed E-state index contributed by atoms with van der Waals surface area (Å²) in [4.78, 5) is 9.48. The molecule has 0 unspecified atom stereocenters. The molecule has 0 fully saturated rings. The highest BCUT2D eigenvalue weighted by Crippen LogP contribution is 2.34. The first-order valence-electron chi connectivity index (χ1n) is 9.36. The number of rotatable bonds is 3. The van der Waals surface area contributed by atoms with E-state index in [0.717, 1.165) is 39.4 Å². The highest BCUT2D eigenvalue weighted by atomic mass is 15.0. The Bertz CT molecular complexity index is 1260. The molecule has 2 heterocycles. The van der Waals surface area contributed by atoms with E-state index in [1.165, 1.54) is 5.56 Å². The van der Waals surface area contributed by atoms with Gasteiger partial charge in [-0.15, -0.1) is 0 Å². The van der Waals surface area contributed by atoms with Crippen molar-refractivity contribution in [3.05, 3.63) is 103 Å².